The van der Waals surface area contributed by atoms with E-state index in [1.54, 1.807) is 42.6 Å². The smallest absolute Gasteiger partial charge is 0.481 e. The van der Waals surface area contributed by atoms with Crippen LogP contribution >= 0.6 is 0 Å². The van der Waals surface area contributed by atoms with Crippen molar-refractivity contribution in [3.05, 3.63) is 65.5 Å². The predicted molar refractivity (Wildman–Crippen MR) is 119 cm³/mol. The van der Waals surface area contributed by atoms with Gasteiger partial charge in [0.15, 0.2) is 0 Å². The third-order valence-corrected chi connectivity index (χ3v) is 4.72. The van der Waals surface area contributed by atoms with E-state index in [9.17, 15) is 22.8 Å². The molecule has 0 bridgehead atoms. The molecule has 192 valence electrons. The van der Waals surface area contributed by atoms with E-state index >= 15 is 0 Å². The number of rotatable bonds is 8. The third-order valence-electron chi connectivity index (χ3n) is 4.72. The molecular formula is C22H22F3N5O6. The molecule has 0 aliphatic carbocycles. The zero-order chi connectivity index (χ0) is 26.9. The van der Waals surface area contributed by atoms with Gasteiger partial charge in [-0.05, 0) is 17.2 Å². The summed E-state index contributed by atoms with van der Waals surface area (Å²) < 4.78 is 31.7. The Labute approximate surface area is 202 Å². The van der Waals surface area contributed by atoms with Crippen LogP contribution in [0.3, 0.4) is 0 Å². The van der Waals surface area contributed by atoms with E-state index in [1.807, 2.05) is 0 Å². The fraction of sp³-hybridized carbons (Fsp3) is 0.273. The molecule has 0 spiro atoms. The number of carbonyl (C=O) groups excluding carboxylic acids is 1. The van der Waals surface area contributed by atoms with Crippen LogP contribution in [0.15, 0.2) is 53.9 Å². The molecule has 1 aliphatic rings. The van der Waals surface area contributed by atoms with E-state index in [0.29, 0.717) is 23.3 Å². The molecule has 1 aromatic carbocycles. The van der Waals surface area contributed by atoms with Crippen LogP contribution in [0, 0.1) is 5.41 Å². The quantitative estimate of drug-likeness (QED) is 0.264. The van der Waals surface area contributed by atoms with Gasteiger partial charge in [-0.15, -0.1) is 0 Å². The Morgan fingerprint density at radius 2 is 1.83 bits per heavy atom. The normalized spacial score (nSPS) is 15.4. The number of pyridine rings is 1. The highest BCUT2D eigenvalue weighted by atomic mass is 19.4. The van der Waals surface area contributed by atoms with Crippen molar-refractivity contribution in [2.75, 3.05) is 0 Å². The molecule has 0 fully saturated rings. The predicted octanol–water partition coefficient (Wildman–Crippen LogP) is 2.21. The summed E-state index contributed by atoms with van der Waals surface area (Å²) in [6.07, 6.45) is -2.15. The maximum absolute atomic E-state index is 12.4. The molecule has 0 radical (unpaired) electrons. The van der Waals surface area contributed by atoms with Crippen molar-refractivity contribution in [3.63, 3.8) is 0 Å². The Morgan fingerprint density at radius 1 is 1.19 bits per heavy atom. The van der Waals surface area contributed by atoms with Gasteiger partial charge in [-0.3, -0.25) is 20.0 Å². The first-order valence-electron chi connectivity index (χ1n) is 10.3. The molecule has 36 heavy (non-hydrogen) atoms. The first kappa shape index (κ1) is 27.8. The molecule has 0 unspecified atom stereocenters. The van der Waals surface area contributed by atoms with Crippen molar-refractivity contribution in [1.82, 2.24) is 10.3 Å². The first-order chi connectivity index (χ1) is 16.9. The number of amidine groups is 1. The number of carbonyl (C=O) groups is 3. The monoisotopic (exact) mass is 509 g/mol. The van der Waals surface area contributed by atoms with Crippen LogP contribution in [0.1, 0.15) is 42.0 Å². The molecule has 1 amide bonds. The molecule has 1 aliphatic heterocycles. The van der Waals surface area contributed by atoms with Gasteiger partial charge in [0.25, 0.3) is 0 Å². The average molecular weight is 509 g/mol. The highest BCUT2D eigenvalue weighted by molar-refractivity contribution is 6.02. The molecule has 2 atom stereocenters. The Morgan fingerprint density at radius 3 is 2.33 bits per heavy atom. The van der Waals surface area contributed by atoms with Crippen LogP contribution in [0.25, 0.3) is 0 Å². The van der Waals surface area contributed by atoms with Gasteiger partial charge in [0.05, 0.1) is 24.6 Å². The molecule has 2 aromatic rings. The minimum Gasteiger partial charge on any atom is -0.481 e. The zero-order valence-corrected chi connectivity index (χ0v) is 18.5. The van der Waals surface area contributed by atoms with Gasteiger partial charge in [-0.1, -0.05) is 35.5 Å². The van der Waals surface area contributed by atoms with Crippen LogP contribution in [0.4, 0.5) is 13.2 Å². The first-order valence-corrected chi connectivity index (χ1v) is 10.3. The number of nitrogens with two attached hydrogens (primary N) is 1. The number of aliphatic carboxylic acids is 2. The molecule has 3 rings (SSSR count). The number of carboxylic acid groups (broad SMARTS) is 2. The van der Waals surface area contributed by atoms with Crippen LogP contribution in [-0.2, 0) is 19.2 Å². The van der Waals surface area contributed by atoms with E-state index in [0.717, 1.165) is 5.56 Å². The zero-order valence-electron chi connectivity index (χ0n) is 18.5. The van der Waals surface area contributed by atoms with Crippen molar-refractivity contribution in [3.8, 4) is 0 Å². The highest BCUT2D eigenvalue weighted by Gasteiger charge is 2.38. The van der Waals surface area contributed by atoms with Crippen molar-refractivity contribution in [2.24, 2.45) is 10.9 Å². The average Bonchev–Trinajstić information content (AvgIpc) is 3.27. The SMILES string of the molecule is N=C(N)c1ccc(C2=NO[C@@H](CC(=O)N[C@@H](CC(=O)O)c3cccnc3)C2)cc1.O=C(O)C(F)(F)F. The Balaban J connectivity index is 0.000000572. The summed E-state index contributed by atoms with van der Waals surface area (Å²) in [5.41, 5.74) is 8.22. The lowest BCUT2D eigenvalue weighted by molar-refractivity contribution is -0.192. The number of halogens is 3. The number of amides is 1. The summed E-state index contributed by atoms with van der Waals surface area (Å²) in [7, 11) is 0. The number of aromatic nitrogens is 1. The number of hydrogen-bond acceptors (Lipinski definition) is 7. The standard InChI is InChI=1S/C20H21N5O4.C2HF3O2/c21-20(22)13-5-3-12(4-6-13)17-8-15(29-25-17)9-18(26)24-16(10-19(27)28)14-2-1-7-23-11-14;3-2(4,5)1(6)7/h1-7,11,15-16H,8-10H2,(H3,21,22)(H,24,26)(H,27,28);(H,6,7)/t15-,16+;/m1./s1. The van der Waals surface area contributed by atoms with Crippen LogP contribution in [0.2, 0.25) is 0 Å². The molecule has 1 aromatic heterocycles. The maximum Gasteiger partial charge on any atom is 0.490 e. The van der Waals surface area contributed by atoms with Crippen molar-refractivity contribution >= 4 is 29.4 Å². The van der Waals surface area contributed by atoms with Gasteiger partial charge in [0.1, 0.15) is 11.9 Å². The number of benzene rings is 1. The number of nitrogens with zero attached hydrogens (tertiary/aromatic N) is 2. The van der Waals surface area contributed by atoms with Crippen LogP contribution in [-0.4, -0.2) is 56.9 Å². The topological polar surface area (TPSA) is 188 Å². The number of nitrogen functional groups attached to an aromatic ring is 1. The van der Waals surface area contributed by atoms with Crippen molar-refractivity contribution in [2.45, 2.75) is 37.6 Å². The lowest BCUT2D eigenvalue weighted by Crippen LogP contribution is -2.32. The van der Waals surface area contributed by atoms with Gasteiger partial charge in [-0.2, -0.15) is 13.2 Å². The lowest BCUT2D eigenvalue weighted by atomic mass is 10.0. The number of oxime groups is 1. The Kier molecular flexibility index (Phi) is 9.47. The molecule has 6 N–H and O–H groups in total. The summed E-state index contributed by atoms with van der Waals surface area (Å²) in [5, 5.41) is 30.5. The van der Waals surface area contributed by atoms with E-state index < -0.39 is 30.3 Å². The molecule has 0 saturated heterocycles. The third kappa shape index (κ3) is 8.70. The summed E-state index contributed by atoms with van der Waals surface area (Å²) in [6.45, 7) is 0. The van der Waals surface area contributed by atoms with Gasteiger partial charge in [0, 0.05) is 24.4 Å². The fourth-order valence-electron chi connectivity index (χ4n) is 3.02. The number of hydrogen-bond donors (Lipinski definition) is 5. The minimum atomic E-state index is -5.08. The van der Waals surface area contributed by atoms with E-state index in [1.165, 1.54) is 6.20 Å². The molecule has 11 nitrogen and oxygen atoms in total. The second-order valence-corrected chi connectivity index (χ2v) is 7.47. The molecular weight excluding hydrogens is 487 g/mol. The number of carboxylic acids is 2. The Bertz CT molecular complexity index is 1120. The molecule has 14 heteroatoms. The van der Waals surface area contributed by atoms with Gasteiger partial charge >= 0.3 is 18.1 Å². The van der Waals surface area contributed by atoms with E-state index in [-0.39, 0.29) is 24.6 Å². The van der Waals surface area contributed by atoms with Crippen molar-refractivity contribution < 1.29 is 42.6 Å². The summed E-state index contributed by atoms with van der Waals surface area (Å²) in [6, 6.07) is 9.79. The van der Waals surface area contributed by atoms with Crippen LogP contribution < -0.4 is 11.1 Å². The molecule has 0 saturated carbocycles. The van der Waals surface area contributed by atoms with E-state index in [2.05, 4.69) is 15.5 Å². The highest BCUT2D eigenvalue weighted by Crippen LogP contribution is 2.21. The summed E-state index contributed by atoms with van der Waals surface area (Å²) in [4.78, 5) is 41.8. The van der Waals surface area contributed by atoms with E-state index in [4.69, 9.17) is 31.0 Å². The lowest BCUT2D eigenvalue weighted by Gasteiger charge is -2.18. The van der Waals surface area contributed by atoms with Crippen molar-refractivity contribution in [1.29, 1.82) is 5.41 Å². The second-order valence-electron chi connectivity index (χ2n) is 7.47. The largest absolute Gasteiger partial charge is 0.490 e. The summed E-state index contributed by atoms with van der Waals surface area (Å²) in [5.74, 6) is -4.11. The fourth-order valence-corrected chi connectivity index (χ4v) is 3.02. The molecule has 2 heterocycles. The Hall–Kier alpha value is -4.49. The van der Waals surface area contributed by atoms with Gasteiger partial charge < -0.3 is 26.1 Å². The number of alkyl halides is 3. The van der Waals surface area contributed by atoms with Gasteiger partial charge in [0.2, 0.25) is 5.91 Å². The second kappa shape index (κ2) is 12.3. The number of nitrogens with one attached hydrogen (secondary N) is 2. The minimum absolute atomic E-state index is 0.0137. The summed E-state index contributed by atoms with van der Waals surface area (Å²) >= 11 is 0. The van der Waals surface area contributed by atoms with Gasteiger partial charge in [-0.25, -0.2) is 4.79 Å². The maximum atomic E-state index is 12.4. The van der Waals surface area contributed by atoms with Crippen LogP contribution in [0.5, 0.6) is 0 Å².